The highest BCUT2D eigenvalue weighted by Crippen LogP contribution is 2.37. The summed E-state index contributed by atoms with van der Waals surface area (Å²) in [5, 5.41) is 0. The van der Waals surface area contributed by atoms with Crippen LogP contribution in [0.15, 0.2) is 6.07 Å². The van der Waals surface area contributed by atoms with Crippen molar-refractivity contribution in [3.05, 3.63) is 17.5 Å². The molecule has 0 aliphatic rings. The lowest BCUT2D eigenvalue weighted by Crippen LogP contribution is -2.55. The molecular weight excluding hydrogens is 513 g/mol. The Kier molecular flexibility index (Phi) is 8.83. The molecule has 0 atom stereocenters. The van der Waals surface area contributed by atoms with Crippen LogP contribution < -0.4 is 4.68 Å². The number of aromatic nitrogens is 2. The van der Waals surface area contributed by atoms with Gasteiger partial charge in [-0.15, -0.1) is 8.39 Å². The van der Waals surface area contributed by atoms with E-state index >= 15 is 0 Å². The largest absolute Gasteiger partial charge is 0.517 e. The molecule has 32 heavy (non-hydrogen) atoms. The summed E-state index contributed by atoms with van der Waals surface area (Å²) in [7, 11) is -13.5. The van der Waals surface area contributed by atoms with E-state index in [4.69, 9.17) is 0 Å². The number of carbonyl (C=O) groups is 1. The summed E-state index contributed by atoms with van der Waals surface area (Å²) in [6.07, 6.45) is -5.44. The van der Waals surface area contributed by atoms with Crippen molar-refractivity contribution in [1.29, 1.82) is 0 Å². The summed E-state index contributed by atoms with van der Waals surface area (Å²) >= 11 is 0. The van der Waals surface area contributed by atoms with Gasteiger partial charge in [-0.25, -0.2) is 0 Å². The maximum absolute atomic E-state index is 12.0. The number of hydrogen-bond acceptors (Lipinski definition) is 5. The minimum absolute atomic E-state index is 1.12. The first-order chi connectivity index (χ1) is 13.9. The Bertz CT molecular complexity index is 995. The molecule has 1 amide bonds. The topological polar surface area (TPSA) is 97.4 Å². The fraction of sp³-hybridized carbons (Fsp3) is 0.692. The second-order valence-corrected chi connectivity index (χ2v) is 9.76. The lowest BCUT2D eigenvalue weighted by Gasteiger charge is -2.24. The van der Waals surface area contributed by atoms with Crippen molar-refractivity contribution < 1.29 is 65.8 Å². The molecule has 1 aromatic heterocycles. The summed E-state index contributed by atoms with van der Waals surface area (Å²) < 4.78 is 151. The number of carbonyl (C=O) groups excluding carboxylic acids is 1. The third-order valence-corrected chi connectivity index (χ3v) is 7.12. The molecule has 0 aliphatic heterocycles. The number of amides is 1. The molecule has 0 bridgehead atoms. The van der Waals surface area contributed by atoms with Crippen molar-refractivity contribution in [2.45, 2.75) is 50.9 Å². The highest BCUT2D eigenvalue weighted by Gasteiger charge is 2.67. The Hall–Kier alpha value is -2.05. The van der Waals surface area contributed by atoms with Crippen LogP contribution in [0.5, 0.6) is 0 Å². The molecule has 0 aliphatic carbocycles. The molecule has 0 radical (unpaired) electrons. The van der Waals surface area contributed by atoms with Crippen LogP contribution in [0.3, 0.4) is 0 Å². The van der Waals surface area contributed by atoms with Gasteiger partial charge in [-0.05, 0) is 13.3 Å². The SMILES string of the molecule is CCCn1c(C)cc(C)[n+]1C.O=C(N(S(=O)(=O)C(F)(F)F)S(=O)(=O)C(F)(F)F)C(F)(F)F. The Morgan fingerprint density at radius 2 is 1.31 bits per heavy atom. The molecule has 1 rings (SSSR count). The molecule has 1 heterocycles. The van der Waals surface area contributed by atoms with Crippen LogP contribution in [0.4, 0.5) is 39.5 Å². The van der Waals surface area contributed by atoms with Crippen molar-refractivity contribution in [3.63, 3.8) is 0 Å². The van der Waals surface area contributed by atoms with E-state index in [-0.39, 0.29) is 0 Å². The summed E-state index contributed by atoms with van der Waals surface area (Å²) in [4.78, 5) is 10.4. The van der Waals surface area contributed by atoms with Gasteiger partial charge in [0.15, 0.2) is 7.05 Å². The van der Waals surface area contributed by atoms with Gasteiger partial charge in [-0.1, -0.05) is 6.92 Å². The lowest BCUT2D eigenvalue weighted by molar-refractivity contribution is -0.759. The van der Waals surface area contributed by atoms with Crippen LogP contribution in [-0.4, -0.2) is 48.3 Å². The predicted octanol–water partition coefficient (Wildman–Crippen LogP) is 2.42. The van der Waals surface area contributed by atoms with Crippen molar-refractivity contribution in [1.82, 2.24) is 8.39 Å². The number of halogens is 9. The molecule has 0 saturated carbocycles. The van der Waals surface area contributed by atoms with E-state index in [9.17, 15) is 61.1 Å². The van der Waals surface area contributed by atoms with Crippen LogP contribution in [0.2, 0.25) is 0 Å². The zero-order valence-corrected chi connectivity index (χ0v) is 18.2. The molecular formula is C13H17F9N3O5S2+. The number of rotatable bonds is 4. The maximum Gasteiger partial charge on any atom is 0.517 e. The first-order valence-corrected chi connectivity index (χ1v) is 10.9. The van der Waals surface area contributed by atoms with E-state index in [1.165, 1.54) is 17.8 Å². The first-order valence-electron chi connectivity index (χ1n) is 8.01. The summed E-state index contributed by atoms with van der Waals surface area (Å²) in [6, 6.07) is 2.22. The number of sulfonamides is 2. The van der Waals surface area contributed by atoms with Gasteiger partial charge in [0, 0.05) is 13.0 Å². The van der Waals surface area contributed by atoms with Gasteiger partial charge in [0.1, 0.15) is 0 Å². The Balaban J connectivity index is 0.000000726. The fourth-order valence-corrected chi connectivity index (χ4v) is 4.63. The van der Waals surface area contributed by atoms with Crippen molar-refractivity contribution in [2.24, 2.45) is 7.05 Å². The average Bonchev–Trinajstić information content (AvgIpc) is 2.78. The third kappa shape index (κ3) is 6.26. The zero-order chi connectivity index (χ0) is 26.1. The Labute approximate surface area is 176 Å². The van der Waals surface area contributed by atoms with Crippen LogP contribution in [-0.2, 0) is 38.4 Å². The van der Waals surface area contributed by atoms with E-state index < -0.39 is 46.9 Å². The summed E-state index contributed by atoms with van der Waals surface area (Å²) in [5.41, 5.74) is -11.1. The fourth-order valence-electron chi connectivity index (χ4n) is 2.07. The number of alkyl halides is 9. The Morgan fingerprint density at radius 1 is 0.938 bits per heavy atom. The number of hydrogen-bond donors (Lipinski definition) is 0. The molecule has 0 fully saturated rings. The van der Waals surface area contributed by atoms with Gasteiger partial charge in [0.2, 0.25) is 5.69 Å². The third-order valence-electron chi connectivity index (χ3n) is 3.56. The van der Waals surface area contributed by atoms with Crippen molar-refractivity contribution >= 4 is 26.0 Å². The normalized spacial score (nSPS) is 13.4. The quantitative estimate of drug-likeness (QED) is 0.440. The Morgan fingerprint density at radius 3 is 1.53 bits per heavy atom. The highest BCUT2D eigenvalue weighted by molar-refractivity contribution is 8.05. The van der Waals surface area contributed by atoms with E-state index in [0.717, 1.165) is 6.54 Å². The van der Waals surface area contributed by atoms with Crippen LogP contribution in [0.25, 0.3) is 0 Å². The molecule has 0 N–H and O–H groups in total. The van der Waals surface area contributed by atoms with Crippen molar-refractivity contribution in [3.8, 4) is 0 Å². The lowest BCUT2D eigenvalue weighted by atomic mass is 10.4. The molecule has 188 valence electrons. The van der Waals surface area contributed by atoms with Crippen molar-refractivity contribution in [2.75, 3.05) is 0 Å². The average molecular weight is 530 g/mol. The molecule has 0 spiro atoms. The minimum Gasteiger partial charge on any atom is -0.262 e. The maximum atomic E-state index is 12.0. The van der Waals surface area contributed by atoms with E-state index in [0.29, 0.717) is 0 Å². The van der Waals surface area contributed by atoms with E-state index in [1.807, 2.05) is 0 Å². The molecule has 0 unspecified atom stereocenters. The predicted molar refractivity (Wildman–Crippen MR) is 88.2 cm³/mol. The molecule has 8 nitrogen and oxygen atoms in total. The molecule has 1 aromatic rings. The minimum atomic E-state index is -7.81. The molecule has 0 saturated heterocycles. The van der Waals surface area contributed by atoms with Gasteiger partial charge >= 0.3 is 43.1 Å². The monoisotopic (exact) mass is 530 g/mol. The molecule has 19 heteroatoms. The van der Waals surface area contributed by atoms with Gasteiger partial charge < -0.3 is 0 Å². The second-order valence-electron chi connectivity index (χ2n) is 5.98. The van der Waals surface area contributed by atoms with Gasteiger partial charge in [0.25, 0.3) is 0 Å². The van der Waals surface area contributed by atoms with E-state index in [2.05, 4.69) is 43.2 Å². The summed E-state index contributed by atoms with van der Waals surface area (Å²) in [5.74, 6) is -4.39. The van der Waals surface area contributed by atoms with Gasteiger partial charge in [0.05, 0.1) is 12.2 Å². The second kappa shape index (κ2) is 9.44. The smallest absolute Gasteiger partial charge is 0.262 e. The number of aryl methyl sites for hydroxylation is 2. The zero-order valence-electron chi connectivity index (χ0n) is 16.6. The number of nitrogens with zero attached hydrogens (tertiary/aromatic N) is 3. The first kappa shape index (κ1) is 29.9. The van der Waals surface area contributed by atoms with Gasteiger partial charge in [-0.2, -0.15) is 61.0 Å². The van der Waals surface area contributed by atoms with Crippen LogP contribution in [0.1, 0.15) is 24.7 Å². The summed E-state index contributed by atoms with van der Waals surface area (Å²) in [6.45, 7) is 7.62. The van der Waals surface area contributed by atoms with Gasteiger partial charge in [-0.3, -0.25) is 4.79 Å². The van der Waals surface area contributed by atoms with Crippen LogP contribution >= 0.6 is 0 Å². The van der Waals surface area contributed by atoms with Crippen LogP contribution in [0, 0.1) is 13.8 Å². The standard InChI is InChI=1S/C9H17N2.C4F9NO5S2/c1-5-6-11-9(3)7-8(2)10(11)4;5-2(6,7)1(15)14(20(16,17)3(8,9)10)21(18,19)4(11,12)13/h7H,5-6H2,1-4H3;/q+1;. The van der Waals surface area contributed by atoms with E-state index in [1.54, 1.807) is 0 Å². The highest BCUT2D eigenvalue weighted by atomic mass is 32.3. The molecule has 0 aromatic carbocycles.